The van der Waals surface area contributed by atoms with Crippen LogP contribution in [0.15, 0.2) is 91.3 Å². The van der Waals surface area contributed by atoms with Crippen LogP contribution in [0.3, 0.4) is 0 Å². The number of phenolic OH excluding ortho intramolecular Hbond substituents is 1. The summed E-state index contributed by atoms with van der Waals surface area (Å²) in [6.07, 6.45) is 4.16. The number of fused-ring (bicyclic) bond motifs is 2. The van der Waals surface area contributed by atoms with E-state index in [1.54, 1.807) is 12.1 Å². The molecule has 4 heteroatoms. The maximum Gasteiger partial charge on any atom is 0.117 e. The van der Waals surface area contributed by atoms with Crippen LogP contribution >= 0.6 is 0 Å². The van der Waals surface area contributed by atoms with E-state index in [1.807, 2.05) is 32.9 Å². The van der Waals surface area contributed by atoms with Crippen LogP contribution in [0.5, 0.6) is 5.75 Å². The summed E-state index contributed by atoms with van der Waals surface area (Å²) in [5.41, 5.74) is 11.0. The van der Waals surface area contributed by atoms with Crippen molar-refractivity contribution in [2.45, 2.75) is 27.7 Å². The highest BCUT2D eigenvalue weighted by atomic mass is 16.3. The molecule has 0 aliphatic heterocycles. The summed E-state index contributed by atoms with van der Waals surface area (Å²) >= 11 is 0. The zero-order valence-corrected chi connectivity index (χ0v) is 21.1. The van der Waals surface area contributed by atoms with Gasteiger partial charge in [0.1, 0.15) is 5.75 Å². The number of aromatic amines is 2. The van der Waals surface area contributed by atoms with Gasteiger partial charge in [-0.25, -0.2) is 0 Å². The molecule has 0 bridgehead atoms. The number of H-pyrrole nitrogens is 2. The Hall–Kier alpha value is -4.44. The highest BCUT2D eigenvalue weighted by Gasteiger charge is 2.13. The van der Waals surface area contributed by atoms with Crippen LogP contribution in [0.4, 0.5) is 11.4 Å². The molecular weight excluding hydrogens is 442 g/mol. The van der Waals surface area contributed by atoms with Gasteiger partial charge in [-0.05, 0) is 72.5 Å². The molecule has 0 fully saturated rings. The van der Waals surface area contributed by atoms with Crippen molar-refractivity contribution in [2.75, 3.05) is 5.32 Å². The lowest BCUT2D eigenvalue weighted by molar-refractivity contribution is 0.475. The fourth-order valence-corrected chi connectivity index (χ4v) is 4.70. The second-order valence-corrected chi connectivity index (χ2v) is 8.92. The molecule has 2 heterocycles. The van der Waals surface area contributed by atoms with Crippen LogP contribution in [0.2, 0.25) is 0 Å². The number of aromatic nitrogens is 2. The van der Waals surface area contributed by atoms with Crippen LogP contribution < -0.4 is 5.32 Å². The van der Waals surface area contributed by atoms with E-state index in [0.717, 1.165) is 50.2 Å². The summed E-state index contributed by atoms with van der Waals surface area (Å²) < 4.78 is 0. The molecule has 0 saturated heterocycles. The number of anilines is 2. The molecule has 2 aromatic heterocycles. The van der Waals surface area contributed by atoms with Gasteiger partial charge in [-0.15, -0.1) is 0 Å². The van der Waals surface area contributed by atoms with Crippen molar-refractivity contribution in [2.24, 2.45) is 0 Å². The molecule has 4 aromatic carbocycles. The molecule has 0 atom stereocenters. The Morgan fingerprint density at radius 3 is 2.08 bits per heavy atom. The Labute approximate surface area is 211 Å². The number of benzene rings is 4. The van der Waals surface area contributed by atoms with E-state index in [4.69, 9.17) is 0 Å². The summed E-state index contributed by atoms with van der Waals surface area (Å²) in [5.74, 6) is 0.244. The predicted molar refractivity (Wildman–Crippen MR) is 153 cm³/mol. The Morgan fingerprint density at radius 2 is 1.33 bits per heavy atom. The third-order valence-electron chi connectivity index (χ3n) is 6.48. The first kappa shape index (κ1) is 23.3. The zero-order valence-electron chi connectivity index (χ0n) is 21.1. The van der Waals surface area contributed by atoms with Gasteiger partial charge in [0.05, 0.1) is 0 Å². The largest absolute Gasteiger partial charge is 0.508 e. The molecule has 0 unspecified atom stereocenters. The van der Waals surface area contributed by atoms with Gasteiger partial charge in [0.15, 0.2) is 0 Å². The van der Waals surface area contributed by atoms with Gasteiger partial charge < -0.3 is 20.4 Å². The fraction of sp³-hybridized carbons (Fsp3) is 0.125. The van der Waals surface area contributed by atoms with E-state index >= 15 is 0 Å². The van der Waals surface area contributed by atoms with Crippen molar-refractivity contribution < 1.29 is 5.11 Å². The topological polar surface area (TPSA) is 63.8 Å². The Bertz CT molecular complexity index is 1670. The second-order valence-electron chi connectivity index (χ2n) is 8.92. The molecule has 0 aliphatic rings. The number of aromatic hydroxyl groups is 1. The van der Waals surface area contributed by atoms with Crippen LogP contribution in [0.1, 0.15) is 25.0 Å². The Morgan fingerprint density at radius 1 is 0.667 bits per heavy atom. The van der Waals surface area contributed by atoms with Crippen molar-refractivity contribution in [1.82, 2.24) is 9.97 Å². The SMILES string of the molecule is CC.Cc1ccc2c(-c3cc(Nc4cc(O)ccc4C)cc(-c4c[nH]c5ccccc45)c3)c[nH]c2c1. The standard InChI is InChI=1S/C30H25N3O.C2H6/c1-18-7-10-25-27(17-32-30(25)11-18)21-12-20(26-16-31-28-6-4-3-5-24(26)28)13-22(14-21)33-29-15-23(34)9-8-19(29)2;1-2/h3-17,31-34H,1-2H3;1-2H3. The first-order valence-corrected chi connectivity index (χ1v) is 12.4. The smallest absolute Gasteiger partial charge is 0.117 e. The summed E-state index contributed by atoms with van der Waals surface area (Å²) in [6.45, 7) is 8.14. The van der Waals surface area contributed by atoms with E-state index in [-0.39, 0.29) is 5.75 Å². The van der Waals surface area contributed by atoms with Crippen molar-refractivity contribution in [3.05, 3.63) is 102 Å². The number of para-hydroxylation sites is 1. The van der Waals surface area contributed by atoms with Crippen LogP contribution in [0, 0.1) is 13.8 Å². The quantitative estimate of drug-likeness (QED) is 0.206. The maximum absolute atomic E-state index is 10.0. The number of phenols is 1. The van der Waals surface area contributed by atoms with Crippen LogP contribution in [-0.2, 0) is 0 Å². The van der Waals surface area contributed by atoms with Gasteiger partial charge in [0.25, 0.3) is 0 Å². The molecule has 6 aromatic rings. The van der Waals surface area contributed by atoms with Crippen LogP contribution in [-0.4, -0.2) is 15.1 Å². The van der Waals surface area contributed by atoms with E-state index < -0.39 is 0 Å². The predicted octanol–water partition coefficient (Wildman–Crippen LogP) is 9.08. The normalized spacial score (nSPS) is 10.9. The molecule has 0 saturated carbocycles. The number of hydrogen-bond acceptors (Lipinski definition) is 2. The van der Waals surface area contributed by atoms with Crippen molar-refractivity contribution >= 4 is 33.2 Å². The van der Waals surface area contributed by atoms with Gasteiger partial charge in [-0.3, -0.25) is 0 Å². The Kier molecular flexibility index (Phi) is 6.26. The number of hydrogen-bond donors (Lipinski definition) is 4. The highest BCUT2D eigenvalue weighted by Crippen LogP contribution is 2.38. The lowest BCUT2D eigenvalue weighted by atomic mass is 9.97. The third kappa shape index (κ3) is 4.34. The summed E-state index contributed by atoms with van der Waals surface area (Å²) in [7, 11) is 0. The van der Waals surface area contributed by atoms with Gasteiger partial charge in [0, 0.05) is 62.8 Å². The molecule has 4 N–H and O–H groups in total. The van der Waals surface area contributed by atoms with Gasteiger partial charge in [0.2, 0.25) is 0 Å². The average molecular weight is 474 g/mol. The maximum atomic E-state index is 10.0. The first-order valence-electron chi connectivity index (χ1n) is 12.4. The van der Waals surface area contributed by atoms with Gasteiger partial charge in [-0.1, -0.05) is 50.2 Å². The average Bonchev–Trinajstić information content (AvgIpc) is 3.51. The monoisotopic (exact) mass is 473 g/mol. The fourth-order valence-electron chi connectivity index (χ4n) is 4.70. The first-order chi connectivity index (χ1) is 17.5. The lowest BCUT2D eigenvalue weighted by Gasteiger charge is -2.14. The van der Waals surface area contributed by atoms with Crippen molar-refractivity contribution in [3.63, 3.8) is 0 Å². The minimum atomic E-state index is 0.244. The molecule has 180 valence electrons. The van der Waals surface area contributed by atoms with Crippen LogP contribution in [0.25, 0.3) is 44.1 Å². The number of nitrogens with one attached hydrogen (secondary N) is 3. The molecule has 4 nitrogen and oxygen atoms in total. The lowest BCUT2D eigenvalue weighted by Crippen LogP contribution is -1.94. The Balaban J connectivity index is 0.00000130. The van der Waals surface area contributed by atoms with Crippen molar-refractivity contribution in [3.8, 4) is 28.0 Å². The third-order valence-corrected chi connectivity index (χ3v) is 6.48. The molecule has 0 aliphatic carbocycles. The highest BCUT2D eigenvalue weighted by molar-refractivity contribution is 6.00. The van der Waals surface area contributed by atoms with Crippen molar-refractivity contribution in [1.29, 1.82) is 0 Å². The van der Waals surface area contributed by atoms with E-state index in [2.05, 4.69) is 89.2 Å². The molecule has 6 rings (SSSR count). The summed E-state index contributed by atoms with van der Waals surface area (Å²) in [4.78, 5) is 6.84. The minimum absolute atomic E-state index is 0.244. The number of rotatable bonds is 4. The zero-order chi connectivity index (χ0) is 25.2. The number of aryl methyl sites for hydroxylation is 2. The second kappa shape index (κ2) is 9.67. The molecule has 36 heavy (non-hydrogen) atoms. The minimum Gasteiger partial charge on any atom is -0.508 e. The molecular formula is C32H31N3O. The van der Waals surface area contributed by atoms with E-state index in [0.29, 0.717) is 0 Å². The van der Waals surface area contributed by atoms with E-state index in [9.17, 15) is 5.11 Å². The van der Waals surface area contributed by atoms with E-state index in [1.165, 1.54) is 16.3 Å². The summed E-state index contributed by atoms with van der Waals surface area (Å²) in [5, 5.41) is 16.0. The summed E-state index contributed by atoms with van der Waals surface area (Å²) in [6, 6.07) is 26.9. The molecule has 0 spiro atoms. The van der Waals surface area contributed by atoms with Gasteiger partial charge in [-0.2, -0.15) is 0 Å². The van der Waals surface area contributed by atoms with Gasteiger partial charge >= 0.3 is 0 Å². The molecule has 0 amide bonds. The molecule has 0 radical (unpaired) electrons.